The van der Waals surface area contributed by atoms with Crippen molar-refractivity contribution >= 4 is 17.8 Å². The molecule has 1 fully saturated rings. The summed E-state index contributed by atoms with van der Waals surface area (Å²) in [5, 5.41) is 2.31. The number of ether oxygens (including phenoxy) is 1. The highest BCUT2D eigenvalue weighted by molar-refractivity contribution is 5.95. The van der Waals surface area contributed by atoms with Gasteiger partial charge in [-0.3, -0.25) is 9.59 Å². The van der Waals surface area contributed by atoms with Crippen LogP contribution in [0.2, 0.25) is 0 Å². The normalized spacial score (nSPS) is 23.1. The van der Waals surface area contributed by atoms with E-state index in [0.29, 0.717) is 4.90 Å². The van der Waals surface area contributed by atoms with Gasteiger partial charge in [-0.05, 0) is 33.6 Å². The Labute approximate surface area is 126 Å². The molecular formula is C13H19F3N2O4. The number of carbonyl (C=O) groups excluding carboxylic acids is 3. The van der Waals surface area contributed by atoms with Gasteiger partial charge >= 0.3 is 18.1 Å². The summed E-state index contributed by atoms with van der Waals surface area (Å²) < 4.78 is 42.5. The lowest BCUT2D eigenvalue weighted by Crippen LogP contribution is -2.60. The monoisotopic (exact) mass is 324 g/mol. The number of hydrogen-bond donors (Lipinski definition) is 1. The molecule has 2 amide bonds. The Morgan fingerprint density at radius 1 is 1.36 bits per heavy atom. The van der Waals surface area contributed by atoms with Crippen LogP contribution >= 0.6 is 0 Å². The summed E-state index contributed by atoms with van der Waals surface area (Å²) in [5.41, 5.74) is -1.63. The molecule has 1 N–H and O–H groups in total. The van der Waals surface area contributed by atoms with Crippen LogP contribution in [-0.4, -0.2) is 53.6 Å². The number of halogens is 3. The number of alkyl halides is 3. The molecule has 0 radical (unpaired) electrons. The molecule has 1 aliphatic heterocycles. The van der Waals surface area contributed by atoms with Crippen molar-refractivity contribution < 1.29 is 32.3 Å². The van der Waals surface area contributed by atoms with Gasteiger partial charge in [0, 0.05) is 6.54 Å². The number of esters is 1. The Kier molecular flexibility index (Phi) is 5.42. The first kappa shape index (κ1) is 18.2. The van der Waals surface area contributed by atoms with E-state index in [-0.39, 0.29) is 26.0 Å². The van der Waals surface area contributed by atoms with Gasteiger partial charge in [-0.25, -0.2) is 4.79 Å². The largest absolute Gasteiger partial charge is 0.471 e. The predicted molar refractivity (Wildman–Crippen MR) is 69.6 cm³/mol. The van der Waals surface area contributed by atoms with Crippen LogP contribution < -0.4 is 5.32 Å². The van der Waals surface area contributed by atoms with Crippen LogP contribution in [0.5, 0.6) is 0 Å². The third-order valence-electron chi connectivity index (χ3n) is 3.61. The molecule has 0 bridgehead atoms. The van der Waals surface area contributed by atoms with Gasteiger partial charge in [0.05, 0.1) is 6.61 Å². The first-order valence-corrected chi connectivity index (χ1v) is 6.90. The van der Waals surface area contributed by atoms with Crippen LogP contribution in [0.25, 0.3) is 0 Å². The van der Waals surface area contributed by atoms with Crippen molar-refractivity contribution in [3.63, 3.8) is 0 Å². The molecule has 0 saturated carbocycles. The Hall–Kier alpha value is -1.80. The highest BCUT2D eigenvalue weighted by Crippen LogP contribution is 2.33. The van der Waals surface area contributed by atoms with Gasteiger partial charge in [0.1, 0.15) is 11.6 Å². The summed E-state index contributed by atoms with van der Waals surface area (Å²) in [6.07, 6.45) is -4.67. The smallest absolute Gasteiger partial charge is 0.464 e. The Bertz CT molecular complexity index is 467. The highest BCUT2D eigenvalue weighted by Gasteiger charge is 2.53. The van der Waals surface area contributed by atoms with Crippen molar-refractivity contribution in [1.29, 1.82) is 0 Å². The van der Waals surface area contributed by atoms with Crippen LogP contribution in [0, 0.1) is 0 Å². The van der Waals surface area contributed by atoms with E-state index in [0.717, 1.165) is 0 Å². The maximum absolute atomic E-state index is 12.6. The van der Waals surface area contributed by atoms with Gasteiger partial charge < -0.3 is 15.0 Å². The van der Waals surface area contributed by atoms with E-state index in [4.69, 9.17) is 4.74 Å². The van der Waals surface area contributed by atoms with E-state index in [1.54, 1.807) is 6.92 Å². The lowest BCUT2D eigenvalue weighted by atomic mass is 9.97. The third-order valence-corrected chi connectivity index (χ3v) is 3.61. The molecular weight excluding hydrogens is 305 g/mol. The molecule has 126 valence electrons. The number of hydrogen-bond acceptors (Lipinski definition) is 4. The summed E-state index contributed by atoms with van der Waals surface area (Å²) in [4.78, 5) is 35.7. The lowest BCUT2D eigenvalue weighted by molar-refractivity contribution is -0.190. The van der Waals surface area contributed by atoms with Gasteiger partial charge in [-0.2, -0.15) is 13.2 Å². The molecule has 0 aliphatic carbocycles. The Morgan fingerprint density at radius 3 is 2.45 bits per heavy atom. The minimum absolute atomic E-state index is 0.0935. The maximum Gasteiger partial charge on any atom is 0.471 e. The number of likely N-dealkylation sites (tertiary alicyclic amines) is 1. The van der Waals surface area contributed by atoms with Crippen molar-refractivity contribution in [3.05, 3.63) is 0 Å². The molecule has 1 saturated heterocycles. The molecule has 1 rings (SSSR count). The summed E-state index contributed by atoms with van der Waals surface area (Å²) in [6.45, 7) is 4.18. The van der Waals surface area contributed by atoms with E-state index in [1.807, 2.05) is 0 Å². The van der Waals surface area contributed by atoms with Crippen LogP contribution in [0.1, 0.15) is 33.6 Å². The average Bonchev–Trinajstić information content (AvgIpc) is 2.80. The lowest BCUT2D eigenvalue weighted by Gasteiger charge is -2.34. The molecule has 2 unspecified atom stereocenters. The standard InChI is InChI=1S/C13H19F3N2O4/c1-4-22-9(19)8(2)17-10(20)12(3)6-5-7-18(12)11(21)13(14,15)16/h8H,4-7H2,1-3H3,(H,17,20). The van der Waals surface area contributed by atoms with E-state index < -0.39 is 35.5 Å². The maximum atomic E-state index is 12.6. The minimum Gasteiger partial charge on any atom is -0.464 e. The molecule has 1 aliphatic rings. The average molecular weight is 324 g/mol. The van der Waals surface area contributed by atoms with Crippen LogP contribution in [0.3, 0.4) is 0 Å². The fraction of sp³-hybridized carbons (Fsp3) is 0.769. The van der Waals surface area contributed by atoms with E-state index in [1.165, 1.54) is 13.8 Å². The SMILES string of the molecule is CCOC(=O)C(C)NC(=O)C1(C)CCCN1C(=O)C(F)(F)F. The number of rotatable bonds is 4. The zero-order chi connectivity index (χ0) is 17.1. The molecule has 0 spiro atoms. The third kappa shape index (κ3) is 3.69. The number of nitrogens with zero attached hydrogens (tertiary/aromatic N) is 1. The summed E-state index contributed by atoms with van der Waals surface area (Å²) in [7, 11) is 0. The van der Waals surface area contributed by atoms with Gasteiger partial charge in [0.15, 0.2) is 0 Å². The van der Waals surface area contributed by atoms with Crippen molar-refractivity contribution in [2.45, 2.75) is 51.4 Å². The quantitative estimate of drug-likeness (QED) is 0.783. The summed E-state index contributed by atoms with van der Waals surface area (Å²) in [6, 6.07) is -1.01. The topological polar surface area (TPSA) is 75.7 Å². The second kappa shape index (κ2) is 6.53. The van der Waals surface area contributed by atoms with Crippen molar-refractivity contribution in [2.24, 2.45) is 0 Å². The van der Waals surface area contributed by atoms with E-state index >= 15 is 0 Å². The number of carbonyl (C=O) groups is 3. The molecule has 1 heterocycles. The molecule has 6 nitrogen and oxygen atoms in total. The van der Waals surface area contributed by atoms with E-state index in [2.05, 4.69) is 5.32 Å². The zero-order valence-electron chi connectivity index (χ0n) is 12.6. The van der Waals surface area contributed by atoms with Gasteiger partial charge in [-0.1, -0.05) is 0 Å². The van der Waals surface area contributed by atoms with Crippen molar-refractivity contribution in [1.82, 2.24) is 10.2 Å². The first-order valence-electron chi connectivity index (χ1n) is 6.90. The summed E-state index contributed by atoms with van der Waals surface area (Å²) in [5.74, 6) is -3.54. The number of nitrogens with one attached hydrogen (secondary N) is 1. The molecule has 0 aromatic heterocycles. The molecule has 22 heavy (non-hydrogen) atoms. The van der Waals surface area contributed by atoms with Gasteiger partial charge in [-0.15, -0.1) is 0 Å². The zero-order valence-corrected chi connectivity index (χ0v) is 12.6. The fourth-order valence-corrected chi connectivity index (χ4v) is 2.36. The summed E-state index contributed by atoms with van der Waals surface area (Å²) >= 11 is 0. The first-order chi connectivity index (χ1) is 10.0. The van der Waals surface area contributed by atoms with Gasteiger partial charge in [0.25, 0.3) is 0 Å². The van der Waals surface area contributed by atoms with Crippen molar-refractivity contribution in [2.75, 3.05) is 13.2 Å². The fourth-order valence-electron chi connectivity index (χ4n) is 2.36. The van der Waals surface area contributed by atoms with Crippen LogP contribution in [0.15, 0.2) is 0 Å². The second-order valence-electron chi connectivity index (χ2n) is 5.28. The minimum atomic E-state index is -5.04. The second-order valence-corrected chi connectivity index (χ2v) is 5.28. The molecule has 0 aromatic carbocycles. The highest BCUT2D eigenvalue weighted by atomic mass is 19.4. The predicted octanol–water partition coefficient (Wildman–Crippen LogP) is 0.998. The number of amides is 2. The molecule has 2 atom stereocenters. The molecule has 0 aromatic rings. The Morgan fingerprint density at radius 2 is 1.95 bits per heavy atom. The van der Waals surface area contributed by atoms with Gasteiger partial charge in [0.2, 0.25) is 5.91 Å². The van der Waals surface area contributed by atoms with Crippen molar-refractivity contribution in [3.8, 4) is 0 Å². The van der Waals surface area contributed by atoms with Crippen LogP contribution in [-0.2, 0) is 19.1 Å². The Balaban J connectivity index is 2.85. The van der Waals surface area contributed by atoms with E-state index in [9.17, 15) is 27.6 Å². The van der Waals surface area contributed by atoms with Crippen LogP contribution in [0.4, 0.5) is 13.2 Å². The molecule has 9 heteroatoms.